The molecule has 1 saturated heterocycles. The summed E-state index contributed by atoms with van der Waals surface area (Å²) >= 11 is 5.94. The number of primary amides is 1. The smallest absolute Gasteiger partial charge is 0.316 e. The number of anilines is 1. The molecule has 0 radical (unpaired) electrons. The van der Waals surface area contributed by atoms with Crippen molar-refractivity contribution >= 4 is 29.2 Å². The van der Waals surface area contributed by atoms with E-state index in [1.165, 1.54) is 18.2 Å². The summed E-state index contributed by atoms with van der Waals surface area (Å²) in [6.07, 6.45) is 1.96. The highest BCUT2D eigenvalue weighted by Gasteiger charge is 2.36. The molecular formula is C22H25ClFN3O4. The maximum absolute atomic E-state index is 13.2. The van der Waals surface area contributed by atoms with Gasteiger partial charge in [0.15, 0.2) is 6.61 Å². The normalized spacial score (nSPS) is 15.4. The molecule has 31 heavy (non-hydrogen) atoms. The van der Waals surface area contributed by atoms with Crippen molar-refractivity contribution in [2.24, 2.45) is 5.73 Å². The second-order valence-electron chi connectivity index (χ2n) is 7.49. The zero-order valence-corrected chi connectivity index (χ0v) is 18.0. The fourth-order valence-electron chi connectivity index (χ4n) is 3.68. The van der Waals surface area contributed by atoms with Crippen LogP contribution in [0.5, 0.6) is 5.75 Å². The van der Waals surface area contributed by atoms with Gasteiger partial charge in [-0.2, -0.15) is 0 Å². The van der Waals surface area contributed by atoms with Crippen molar-refractivity contribution in [3.05, 3.63) is 58.9 Å². The van der Waals surface area contributed by atoms with E-state index in [0.717, 1.165) is 5.56 Å². The summed E-state index contributed by atoms with van der Waals surface area (Å²) in [5.74, 6) is -0.145. The number of hydrogen-bond acceptors (Lipinski definition) is 4. The van der Waals surface area contributed by atoms with Crippen LogP contribution in [0.15, 0.2) is 42.5 Å². The first-order chi connectivity index (χ1) is 14.8. The van der Waals surface area contributed by atoms with E-state index in [-0.39, 0.29) is 18.3 Å². The number of rotatable bonds is 7. The third kappa shape index (κ3) is 6.08. The first kappa shape index (κ1) is 22.8. The number of nitrogens with one attached hydrogen (secondary N) is 1. The zero-order chi connectivity index (χ0) is 22.4. The Morgan fingerprint density at radius 2 is 1.87 bits per heavy atom. The van der Waals surface area contributed by atoms with Crippen molar-refractivity contribution in [3.63, 3.8) is 0 Å². The maximum Gasteiger partial charge on any atom is 0.316 e. The highest BCUT2D eigenvalue weighted by molar-refractivity contribution is 6.31. The summed E-state index contributed by atoms with van der Waals surface area (Å²) in [5.41, 5.74) is 6.05. The summed E-state index contributed by atoms with van der Waals surface area (Å²) < 4.78 is 24.6. The predicted molar refractivity (Wildman–Crippen MR) is 116 cm³/mol. The standard InChI is InChI=1S/C22H25ClFN3O4/c1-30-22(13-15-2-5-17(24)6-3-15)8-10-27(11-9-22)20(28)14-31-19-7-4-16(23)12-18(19)26-21(25)29/h2-7,12H,8-11,13-14H2,1H3,(H3,25,26,29). The Hall–Kier alpha value is -2.84. The van der Waals surface area contributed by atoms with Crippen molar-refractivity contribution in [3.8, 4) is 5.75 Å². The average Bonchev–Trinajstić information content (AvgIpc) is 2.75. The number of piperidine rings is 1. The van der Waals surface area contributed by atoms with Gasteiger partial charge in [0.25, 0.3) is 5.91 Å². The zero-order valence-electron chi connectivity index (χ0n) is 17.2. The number of nitrogens with zero attached hydrogens (tertiary/aromatic N) is 1. The van der Waals surface area contributed by atoms with Crippen LogP contribution in [0.3, 0.4) is 0 Å². The molecule has 0 atom stereocenters. The van der Waals surface area contributed by atoms with Crippen LogP contribution in [-0.4, -0.2) is 49.2 Å². The molecule has 1 heterocycles. The number of amides is 3. The average molecular weight is 450 g/mol. The van der Waals surface area contributed by atoms with Gasteiger partial charge in [-0.15, -0.1) is 0 Å². The number of carbonyl (C=O) groups excluding carboxylic acids is 2. The minimum atomic E-state index is -0.758. The number of carbonyl (C=O) groups is 2. The number of methoxy groups -OCH3 is 1. The molecule has 3 N–H and O–H groups in total. The van der Waals surface area contributed by atoms with Gasteiger partial charge in [0.05, 0.1) is 11.3 Å². The minimum absolute atomic E-state index is 0.175. The van der Waals surface area contributed by atoms with Crippen LogP contribution in [0.4, 0.5) is 14.9 Å². The summed E-state index contributed by atoms with van der Waals surface area (Å²) in [6.45, 7) is 0.849. The van der Waals surface area contributed by atoms with E-state index in [2.05, 4.69) is 5.32 Å². The molecule has 3 rings (SSSR count). The minimum Gasteiger partial charge on any atom is -0.482 e. The number of likely N-dealkylation sites (tertiary alicyclic amines) is 1. The van der Waals surface area contributed by atoms with E-state index in [9.17, 15) is 14.0 Å². The molecule has 1 aliphatic heterocycles. The van der Waals surface area contributed by atoms with Gasteiger partial charge in [0.1, 0.15) is 11.6 Å². The molecule has 7 nitrogen and oxygen atoms in total. The van der Waals surface area contributed by atoms with Crippen molar-refractivity contribution in [2.45, 2.75) is 24.9 Å². The molecule has 166 valence electrons. The van der Waals surface area contributed by atoms with Gasteiger partial charge in [-0.3, -0.25) is 4.79 Å². The number of halogens is 2. The molecule has 2 aromatic rings. The predicted octanol–water partition coefficient (Wildman–Crippen LogP) is 3.60. The van der Waals surface area contributed by atoms with Crippen molar-refractivity contribution in [1.29, 1.82) is 0 Å². The topological polar surface area (TPSA) is 93.9 Å². The molecule has 0 saturated carbocycles. The van der Waals surface area contributed by atoms with Gasteiger partial charge in [-0.05, 0) is 48.7 Å². The number of ether oxygens (including phenoxy) is 2. The lowest BCUT2D eigenvalue weighted by Crippen LogP contribution is -2.49. The van der Waals surface area contributed by atoms with E-state index in [4.69, 9.17) is 26.8 Å². The Kier molecular flexibility index (Phi) is 7.35. The highest BCUT2D eigenvalue weighted by atomic mass is 35.5. The second kappa shape index (κ2) is 9.98. The Morgan fingerprint density at radius 1 is 1.19 bits per heavy atom. The molecule has 0 bridgehead atoms. The molecule has 0 unspecified atom stereocenters. The van der Waals surface area contributed by atoms with Gasteiger partial charge in [0.2, 0.25) is 0 Å². The van der Waals surface area contributed by atoms with Gasteiger partial charge in [-0.1, -0.05) is 23.7 Å². The van der Waals surface area contributed by atoms with Crippen LogP contribution in [0, 0.1) is 5.82 Å². The summed E-state index contributed by atoms with van der Waals surface area (Å²) in [4.78, 5) is 25.5. The van der Waals surface area contributed by atoms with Gasteiger partial charge >= 0.3 is 6.03 Å². The molecule has 3 amide bonds. The molecule has 1 fully saturated rings. The number of nitrogens with two attached hydrogens (primary N) is 1. The quantitative estimate of drug-likeness (QED) is 0.675. The first-order valence-electron chi connectivity index (χ1n) is 9.86. The Morgan fingerprint density at radius 3 is 2.48 bits per heavy atom. The first-order valence-corrected chi connectivity index (χ1v) is 10.2. The molecule has 1 aliphatic rings. The van der Waals surface area contributed by atoms with Crippen LogP contribution in [-0.2, 0) is 16.0 Å². The third-order valence-corrected chi connectivity index (χ3v) is 5.69. The van der Waals surface area contributed by atoms with Crippen LogP contribution < -0.4 is 15.8 Å². The van der Waals surface area contributed by atoms with Crippen molar-refractivity contribution < 1.29 is 23.5 Å². The second-order valence-corrected chi connectivity index (χ2v) is 7.93. The fraction of sp³-hybridized carbons (Fsp3) is 0.364. The number of urea groups is 1. The fourth-order valence-corrected chi connectivity index (χ4v) is 3.85. The highest BCUT2D eigenvalue weighted by Crippen LogP contribution is 2.31. The lowest BCUT2D eigenvalue weighted by molar-refractivity contribution is -0.138. The van der Waals surface area contributed by atoms with E-state index in [1.807, 2.05) is 0 Å². The van der Waals surface area contributed by atoms with Gasteiger partial charge in [-0.25, -0.2) is 9.18 Å². The largest absolute Gasteiger partial charge is 0.482 e. The molecule has 0 spiro atoms. The third-order valence-electron chi connectivity index (χ3n) is 5.45. The van der Waals surface area contributed by atoms with Crippen LogP contribution >= 0.6 is 11.6 Å². The van der Waals surface area contributed by atoms with Crippen LogP contribution in [0.1, 0.15) is 18.4 Å². The monoisotopic (exact) mass is 449 g/mol. The number of benzene rings is 2. The van der Waals surface area contributed by atoms with E-state index in [1.54, 1.807) is 36.3 Å². The Balaban J connectivity index is 1.56. The SMILES string of the molecule is COC1(Cc2ccc(F)cc2)CCN(C(=O)COc2ccc(Cl)cc2NC(N)=O)CC1. The van der Waals surface area contributed by atoms with Crippen molar-refractivity contribution in [1.82, 2.24) is 4.90 Å². The van der Waals surface area contributed by atoms with E-state index < -0.39 is 11.6 Å². The van der Waals surface area contributed by atoms with E-state index >= 15 is 0 Å². The van der Waals surface area contributed by atoms with Crippen molar-refractivity contribution in [2.75, 3.05) is 32.1 Å². The summed E-state index contributed by atoms with van der Waals surface area (Å²) in [6, 6.07) is 10.3. The Labute approximate surface area is 185 Å². The maximum atomic E-state index is 13.2. The molecule has 9 heteroatoms. The summed E-state index contributed by atoms with van der Waals surface area (Å²) in [5, 5.41) is 2.83. The van der Waals surface area contributed by atoms with Gasteiger partial charge in [0, 0.05) is 31.6 Å². The Bertz CT molecular complexity index is 931. The van der Waals surface area contributed by atoms with E-state index in [0.29, 0.717) is 48.8 Å². The lowest BCUT2D eigenvalue weighted by atomic mass is 9.85. The molecule has 0 aliphatic carbocycles. The molecular weight excluding hydrogens is 425 g/mol. The molecule has 2 aromatic carbocycles. The van der Waals surface area contributed by atoms with Gasteiger partial charge < -0.3 is 25.4 Å². The lowest BCUT2D eigenvalue weighted by Gasteiger charge is -2.41. The number of hydrogen-bond donors (Lipinski definition) is 2. The van der Waals surface area contributed by atoms with Crippen LogP contribution in [0.25, 0.3) is 0 Å². The summed E-state index contributed by atoms with van der Waals surface area (Å²) in [7, 11) is 1.66. The van der Waals surface area contributed by atoms with Crippen LogP contribution in [0.2, 0.25) is 5.02 Å². The molecule has 0 aromatic heterocycles.